The molecule has 4 nitrogen and oxygen atoms in total. The highest BCUT2D eigenvalue weighted by molar-refractivity contribution is 7.99. The maximum atomic E-state index is 13.6. The second kappa shape index (κ2) is 6.93. The molecular formula is C15H19FN2O2S. The number of benzene rings is 1. The van der Waals surface area contributed by atoms with Crippen molar-refractivity contribution in [1.82, 2.24) is 9.55 Å². The molecule has 1 unspecified atom stereocenters. The molecule has 114 valence electrons. The quantitative estimate of drug-likeness (QED) is 0.782. The van der Waals surface area contributed by atoms with E-state index in [1.165, 1.54) is 23.9 Å². The lowest BCUT2D eigenvalue weighted by atomic mass is 10.1. The monoisotopic (exact) mass is 310 g/mol. The molecule has 0 spiro atoms. The number of hydrogen-bond donors (Lipinski definition) is 1. The van der Waals surface area contributed by atoms with Crippen LogP contribution >= 0.6 is 11.8 Å². The van der Waals surface area contributed by atoms with Crippen LogP contribution in [0.25, 0.3) is 11.0 Å². The number of halogens is 1. The molecule has 2 rings (SSSR count). The van der Waals surface area contributed by atoms with Crippen molar-refractivity contribution in [2.24, 2.45) is 0 Å². The first-order chi connectivity index (χ1) is 10.1. The van der Waals surface area contributed by atoms with E-state index in [4.69, 9.17) is 5.11 Å². The zero-order valence-corrected chi connectivity index (χ0v) is 13.0. The van der Waals surface area contributed by atoms with E-state index in [0.717, 1.165) is 24.8 Å². The van der Waals surface area contributed by atoms with Crippen LogP contribution < -0.4 is 0 Å². The summed E-state index contributed by atoms with van der Waals surface area (Å²) in [5.41, 5.74) is 1.45. The Labute approximate surface area is 127 Å². The molecule has 6 heteroatoms. The van der Waals surface area contributed by atoms with Gasteiger partial charge in [-0.05, 0) is 31.0 Å². The number of aliphatic carboxylic acids is 1. The number of nitrogens with zero attached hydrogens (tertiary/aromatic N) is 2. The highest BCUT2D eigenvalue weighted by Crippen LogP contribution is 2.31. The topological polar surface area (TPSA) is 55.1 Å². The number of imidazole rings is 1. The molecule has 0 radical (unpaired) electrons. The average Bonchev–Trinajstić information content (AvgIpc) is 2.80. The SMILES string of the molecule is CCCC(CC)n1c(SCC(=O)O)nc2ccc(F)cc21. The highest BCUT2D eigenvalue weighted by atomic mass is 32.2. The van der Waals surface area contributed by atoms with Crippen LogP contribution in [0.3, 0.4) is 0 Å². The molecule has 0 aliphatic carbocycles. The Morgan fingerprint density at radius 1 is 1.48 bits per heavy atom. The number of carboxylic acid groups (broad SMARTS) is 1. The lowest BCUT2D eigenvalue weighted by Crippen LogP contribution is -2.10. The molecular weight excluding hydrogens is 291 g/mol. The van der Waals surface area contributed by atoms with Gasteiger partial charge in [-0.1, -0.05) is 32.0 Å². The van der Waals surface area contributed by atoms with Crippen molar-refractivity contribution in [3.63, 3.8) is 0 Å². The fourth-order valence-corrected chi connectivity index (χ4v) is 3.28. The Hall–Kier alpha value is -1.56. The van der Waals surface area contributed by atoms with Gasteiger partial charge in [0.25, 0.3) is 0 Å². The number of carbonyl (C=O) groups is 1. The van der Waals surface area contributed by atoms with Crippen LogP contribution in [0.4, 0.5) is 4.39 Å². The molecule has 0 aliphatic rings. The highest BCUT2D eigenvalue weighted by Gasteiger charge is 2.19. The van der Waals surface area contributed by atoms with Crippen molar-refractivity contribution in [1.29, 1.82) is 0 Å². The van der Waals surface area contributed by atoms with Crippen molar-refractivity contribution in [2.75, 3.05) is 5.75 Å². The van der Waals surface area contributed by atoms with Gasteiger partial charge >= 0.3 is 5.97 Å². The first-order valence-corrected chi connectivity index (χ1v) is 8.07. The summed E-state index contributed by atoms with van der Waals surface area (Å²) in [6, 6.07) is 4.71. The summed E-state index contributed by atoms with van der Waals surface area (Å²) in [6.07, 6.45) is 2.87. The Kier molecular flexibility index (Phi) is 5.22. The third kappa shape index (κ3) is 3.56. The summed E-state index contributed by atoms with van der Waals surface area (Å²) in [5.74, 6) is -1.23. The second-order valence-electron chi connectivity index (χ2n) is 4.93. The van der Waals surface area contributed by atoms with Gasteiger partial charge in [-0.25, -0.2) is 9.37 Å². The summed E-state index contributed by atoms with van der Waals surface area (Å²) in [5, 5.41) is 9.52. The van der Waals surface area contributed by atoms with Crippen LogP contribution in [-0.4, -0.2) is 26.4 Å². The standard InChI is InChI=1S/C15H19FN2O2S/c1-3-5-11(4-2)18-13-8-10(16)6-7-12(13)17-15(18)21-9-14(19)20/h6-8,11H,3-5,9H2,1-2H3,(H,19,20). The average molecular weight is 310 g/mol. The van der Waals surface area contributed by atoms with Crippen molar-refractivity contribution < 1.29 is 14.3 Å². The van der Waals surface area contributed by atoms with Gasteiger partial charge in [-0.3, -0.25) is 4.79 Å². The van der Waals surface area contributed by atoms with Crippen LogP contribution in [0.5, 0.6) is 0 Å². The van der Waals surface area contributed by atoms with Gasteiger partial charge in [0.15, 0.2) is 5.16 Å². The fourth-order valence-electron chi connectivity index (χ4n) is 2.47. The minimum absolute atomic E-state index is 0.0473. The van der Waals surface area contributed by atoms with Crippen molar-refractivity contribution in [3.05, 3.63) is 24.0 Å². The number of hydrogen-bond acceptors (Lipinski definition) is 3. The first kappa shape index (κ1) is 15.8. The predicted molar refractivity (Wildman–Crippen MR) is 82.3 cm³/mol. The molecule has 1 aromatic carbocycles. The molecule has 0 saturated heterocycles. The third-order valence-electron chi connectivity index (χ3n) is 3.40. The van der Waals surface area contributed by atoms with Gasteiger partial charge in [0.05, 0.1) is 16.8 Å². The number of carboxylic acids is 1. The van der Waals surface area contributed by atoms with E-state index in [2.05, 4.69) is 18.8 Å². The smallest absolute Gasteiger partial charge is 0.313 e. The zero-order chi connectivity index (χ0) is 15.4. The molecule has 0 saturated carbocycles. The summed E-state index contributed by atoms with van der Waals surface area (Å²) < 4.78 is 15.5. The largest absolute Gasteiger partial charge is 0.481 e. The van der Waals surface area contributed by atoms with Crippen LogP contribution in [0, 0.1) is 5.82 Å². The second-order valence-corrected chi connectivity index (χ2v) is 5.87. The van der Waals surface area contributed by atoms with Gasteiger partial charge in [-0.2, -0.15) is 0 Å². The Morgan fingerprint density at radius 3 is 2.86 bits per heavy atom. The van der Waals surface area contributed by atoms with E-state index in [9.17, 15) is 9.18 Å². The van der Waals surface area contributed by atoms with Crippen LogP contribution in [-0.2, 0) is 4.79 Å². The van der Waals surface area contributed by atoms with Crippen LogP contribution in [0.1, 0.15) is 39.2 Å². The van der Waals surface area contributed by atoms with Crippen LogP contribution in [0.2, 0.25) is 0 Å². The summed E-state index contributed by atoms with van der Waals surface area (Å²) in [6.45, 7) is 4.18. The van der Waals surface area contributed by atoms with Gasteiger partial charge < -0.3 is 9.67 Å². The fraction of sp³-hybridized carbons (Fsp3) is 0.467. The van der Waals surface area contributed by atoms with E-state index in [0.29, 0.717) is 10.7 Å². The van der Waals surface area contributed by atoms with Crippen LogP contribution in [0.15, 0.2) is 23.4 Å². The number of thioether (sulfide) groups is 1. The normalized spacial score (nSPS) is 12.7. The number of aromatic nitrogens is 2. The van der Waals surface area contributed by atoms with Gasteiger partial charge in [0.1, 0.15) is 5.82 Å². The van der Waals surface area contributed by atoms with E-state index in [1.807, 2.05) is 4.57 Å². The molecule has 1 atom stereocenters. The molecule has 0 amide bonds. The minimum atomic E-state index is -0.881. The molecule has 0 fully saturated rings. The van der Waals surface area contributed by atoms with Gasteiger partial charge in [0, 0.05) is 6.04 Å². The summed E-state index contributed by atoms with van der Waals surface area (Å²) in [4.78, 5) is 15.3. The lowest BCUT2D eigenvalue weighted by Gasteiger charge is -2.19. The minimum Gasteiger partial charge on any atom is -0.481 e. The third-order valence-corrected chi connectivity index (χ3v) is 4.34. The van der Waals surface area contributed by atoms with Crippen molar-refractivity contribution in [2.45, 2.75) is 44.3 Å². The first-order valence-electron chi connectivity index (χ1n) is 7.08. The Bertz CT molecular complexity index is 642. The summed E-state index contributed by atoms with van der Waals surface area (Å²) in [7, 11) is 0. The van der Waals surface area contributed by atoms with Gasteiger partial charge in [-0.15, -0.1) is 0 Å². The lowest BCUT2D eigenvalue weighted by molar-refractivity contribution is -0.133. The molecule has 2 aromatic rings. The van der Waals surface area contributed by atoms with E-state index in [1.54, 1.807) is 6.07 Å². The maximum absolute atomic E-state index is 13.6. The van der Waals surface area contributed by atoms with Crippen molar-refractivity contribution >= 4 is 28.8 Å². The summed E-state index contributed by atoms with van der Waals surface area (Å²) >= 11 is 1.19. The molecule has 21 heavy (non-hydrogen) atoms. The van der Waals surface area contributed by atoms with Crippen molar-refractivity contribution in [3.8, 4) is 0 Å². The van der Waals surface area contributed by atoms with E-state index >= 15 is 0 Å². The molecule has 0 bridgehead atoms. The molecule has 1 aromatic heterocycles. The molecule has 0 aliphatic heterocycles. The molecule has 1 heterocycles. The number of fused-ring (bicyclic) bond motifs is 1. The number of rotatable bonds is 7. The van der Waals surface area contributed by atoms with E-state index in [-0.39, 0.29) is 17.6 Å². The maximum Gasteiger partial charge on any atom is 0.313 e. The Balaban J connectivity index is 2.51. The Morgan fingerprint density at radius 2 is 2.24 bits per heavy atom. The predicted octanol–water partition coefficient (Wildman–Crippen LogP) is 4.10. The van der Waals surface area contributed by atoms with Gasteiger partial charge in [0.2, 0.25) is 0 Å². The zero-order valence-electron chi connectivity index (χ0n) is 12.2. The molecule has 1 N–H and O–H groups in total. The van der Waals surface area contributed by atoms with E-state index < -0.39 is 5.97 Å².